The number of para-hydroxylation sites is 1. The van der Waals surface area contributed by atoms with Crippen molar-refractivity contribution in [3.63, 3.8) is 0 Å². The zero-order chi connectivity index (χ0) is 21.3. The normalized spacial score (nSPS) is 20.2. The van der Waals surface area contributed by atoms with Crippen LogP contribution in [0.3, 0.4) is 0 Å². The van der Waals surface area contributed by atoms with Crippen LogP contribution in [0, 0.1) is 11.3 Å². The Bertz CT molecular complexity index is 1090. The number of thioether (sulfide) groups is 2. The Kier molecular flexibility index (Phi) is 5.52. The van der Waals surface area contributed by atoms with E-state index in [-0.39, 0.29) is 12.1 Å². The number of hydrogen-bond acceptors (Lipinski definition) is 7. The number of nitrogens with one attached hydrogen (secondary N) is 1. The average molecular weight is 441 g/mol. The van der Waals surface area contributed by atoms with Crippen molar-refractivity contribution in [1.29, 1.82) is 5.26 Å². The number of hydrogen-bond donors (Lipinski definition) is 2. The minimum Gasteiger partial charge on any atom is -0.477 e. The van der Waals surface area contributed by atoms with Crippen LogP contribution in [0.5, 0.6) is 0 Å². The number of rotatable bonds is 6. The van der Waals surface area contributed by atoms with Gasteiger partial charge in [0.2, 0.25) is 5.91 Å². The number of nitriles is 1. The molecule has 152 valence electrons. The highest BCUT2D eigenvalue weighted by molar-refractivity contribution is 8.06. The van der Waals surface area contributed by atoms with Crippen LogP contribution in [-0.4, -0.2) is 54.7 Å². The van der Waals surface area contributed by atoms with E-state index in [1.807, 2.05) is 30.3 Å². The number of carbonyl (C=O) groups is 3. The van der Waals surface area contributed by atoms with E-state index in [1.165, 1.54) is 28.4 Å². The maximum absolute atomic E-state index is 12.6. The van der Waals surface area contributed by atoms with Crippen molar-refractivity contribution < 1.29 is 19.5 Å². The van der Waals surface area contributed by atoms with Gasteiger partial charge in [-0.25, -0.2) is 9.48 Å². The molecule has 30 heavy (non-hydrogen) atoms. The van der Waals surface area contributed by atoms with E-state index in [1.54, 1.807) is 23.0 Å². The maximum Gasteiger partial charge on any atom is 0.353 e. The van der Waals surface area contributed by atoms with Crippen molar-refractivity contribution in [3.05, 3.63) is 53.2 Å². The standard InChI is InChI=1S/C19H15N5O4S2/c20-8-6-13(25)22-15-17(26)23-16(19(27)28)12(10-29-18(15)23)30-14-7-9-21-24(14)11-4-2-1-3-5-11/h1-5,7,9,15,18H,6,10H2,(H,22,25)(H,27,28)/t15-,18+/m1/s1. The molecule has 2 aromatic rings. The van der Waals surface area contributed by atoms with Gasteiger partial charge in [0, 0.05) is 10.7 Å². The first-order chi connectivity index (χ1) is 14.5. The molecule has 2 N–H and O–H groups in total. The third-order valence-electron chi connectivity index (χ3n) is 4.53. The molecule has 1 aromatic carbocycles. The molecule has 4 rings (SSSR count). The van der Waals surface area contributed by atoms with Gasteiger partial charge in [-0.2, -0.15) is 10.4 Å². The highest BCUT2D eigenvalue weighted by Gasteiger charge is 2.54. The molecule has 2 aliphatic heterocycles. The third kappa shape index (κ3) is 3.55. The summed E-state index contributed by atoms with van der Waals surface area (Å²) < 4.78 is 1.71. The second kappa shape index (κ2) is 8.25. The molecular formula is C19H15N5O4S2. The smallest absolute Gasteiger partial charge is 0.353 e. The number of aliphatic carboxylic acids is 1. The lowest BCUT2D eigenvalue weighted by atomic mass is 10.0. The Balaban J connectivity index is 1.60. The Hall–Kier alpha value is -3.23. The lowest BCUT2D eigenvalue weighted by Crippen LogP contribution is -2.70. The van der Waals surface area contributed by atoms with Crippen molar-refractivity contribution in [1.82, 2.24) is 20.0 Å². The summed E-state index contributed by atoms with van der Waals surface area (Å²) >= 11 is 2.62. The van der Waals surface area contributed by atoms with Gasteiger partial charge in [0.15, 0.2) is 0 Å². The first kappa shape index (κ1) is 20.1. The monoisotopic (exact) mass is 441 g/mol. The number of carbonyl (C=O) groups excluding carboxylic acids is 2. The molecule has 1 aromatic heterocycles. The number of β-lactam (4-membered cyclic amide) rings is 1. The summed E-state index contributed by atoms with van der Waals surface area (Å²) in [6, 6.07) is 12.1. The molecule has 0 saturated carbocycles. The fourth-order valence-corrected chi connectivity index (χ4v) is 5.76. The summed E-state index contributed by atoms with van der Waals surface area (Å²) in [6.07, 6.45) is 1.28. The van der Waals surface area contributed by atoms with Gasteiger partial charge in [-0.15, -0.1) is 11.8 Å². The van der Waals surface area contributed by atoms with E-state index in [4.69, 9.17) is 5.26 Å². The molecule has 2 aliphatic rings. The van der Waals surface area contributed by atoms with Gasteiger partial charge >= 0.3 is 5.97 Å². The van der Waals surface area contributed by atoms with Crippen LogP contribution in [0.25, 0.3) is 5.69 Å². The number of benzene rings is 1. The van der Waals surface area contributed by atoms with Crippen molar-refractivity contribution in [2.75, 3.05) is 5.75 Å². The Morgan fingerprint density at radius 1 is 1.33 bits per heavy atom. The first-order valence-corrected chi connectivity index (χ1v) is 10.7. The summed E-state index contributed by atoms with van der Waals surface area (Å²) in [5.74, 6) is -1.89. The zero-order valence-electron chi connectivity index (χ0n) is 15.4. The van der Waals surface area contributed by atoms with E-state index in [0.717, 1.165) is 10.7 Å². The van der Waals surface area contributed by atoms with Gasteiger partial charge in [0.1, 0.15) is 28.6 Å². The molecule has 0 radical (unpaired) electrons. The van der Waals surface area contributed by atoms with E-state index in [0.29, 0.717) is 10.7 Å². The fourth-order valence-electron chi connectivity index (χ4n) is 3.22. The van der Waals surface area contributed by atoms with Crippen LogP contribution < -0.4 is 5.32 Å². The lowest BCUT2D eigenvalue weighted by Gasteiger charge is -2.49. The minimum atomic E-state index is -1.20. The van der Waals surface area contributed by atoms with Crippen LogP contribution in [0.2, 0.25) is 0 Å². The Labute approximate surface area is 179 Å². The lowest BCUT2D eigenvalue weighted by molar-refractivity contribution is -0.150. The molecule has 9 nitrogen and oxygen atoms in total. The predicted octanol–water partition coefficient (Wildman–Crippen LogP) is 1.57. The largest absolute Gasteiger partial charge is 0.477 e. The van der Waals surface area contributed by atoms with E-state index >= 15 is 0 Å². The molecule has 3 heterocycles. The van der Waals surface area contributed by atoms with Gasteiger partial charge in [-0.05, 0) is 18.2 Å². The maximum atomic E-state index is 12.6. The summed E-state index contributed by atoms with van der Waals surface area (Å²) in [5, 5.41) is 25.4. The van der Waals surface area contributed by atoms with Gasteiger partial charge in [0.25, 0.3) is 5.91 Å². The van der Waals surface area contributed by atoms with Crippen molar-refractivity contribution in [2.45, 2.75) is 22.9 Å². The number of amides is 2. The second-order valence-electron chi connectivity index (χ2n) is 6.39. The Morgan fingerprint density at radius 3 is 2.80 bits per heavy atom. The first-order valence-electron chi connectivity index (χ1n) is 8.86. The van der Waals surface area contributed by atoms with Crippen molar-refractivity contribution in [2.24, 2.45) is 0 Å². The van der Waals surface area contributed by atoms with Crippen LogP contribution in [0.4, 0.5) is 0 Å². The molecule has 0 bridgehead atoms. The Morgan fingerprint density at radius 2 is 2.10 bits per heavy atom. The average Bonchev–Trinajstić information content (AvgIpc) is 3.20. The van der Waals surface area contributed by atoms with E-state index < -0.39 is 29.2 Å². The molecule has 0 unspecified atom stereocenters. The predicted molar refractivity (Wildman–Crippen MR) is 109 cm³/mol. The molecule has 1 saturated heterocycles. The summed E-state index contributed by atoms with van der Waals surface area (Å²) in [5.41, 5.74) is 0.754. The van der Waals surface area contributed by atoms with Crippen LogP contribution in [0.1, 0.15) is 6.42 Å². The van der Waals surface area contributed by atoms with Crippen molar-refractivity contribution in [3.8, 4) is 11.8 Å². The molecular weight excluding hydrogens is 426 g/mol. The molecule has 1 fully saturated rings. The number of carboxylic acids is 1. The summed E-state index contributed by atoms with van der Waals surface area (Å²) in [4.78, 5) is 38.0. The minimum absolute atomic E-state index is 0.0830. The van der Waals surface area contributed by atoms with E-state index in [2.05, 4.69) is 10.4 Å². The van der Waals surface area contributed by atoms with Crippen LogP contribution >= 0.6 is 23.5 Å². The van der Waals surface area contributed by atoms with Gasteiger partial charge in [-0.3, -0.25) is 14.5 Å². The molecule has 0 aliphatic carbocycles. The summed E-state index contributed by atoms with van der Waals surface area (Å²) in [6.45, 7) is 0. The van der Waals surface area contributed by atoms with Gasteiger partial charge in [-0.1, -0.05) is 30.0 Å². The fraction of sp³-hybridized carbons (Fsp3) is 0.211. The number of carboxylic acid groups (broad SMARTS) is 1. The van der Waals surface area contributed by atoms with Crippen LogP contribution in [-0.2, 0) is 14.4 Å². The van der Waals surface area contributed by atoms with Gasteiger partial charge in [0.05, 0.1) is 18.0 Å². The zero-order valence-corrected chi connectivity index (χ0v) is 17.0. The van der Waals surface area contributed by atoms with Crippen LogP contribution in [0.15, 0.2) is 58.2 Å². The number of fused-ring (bicyclic) bond motifs is 1. The van der Waals surface area contributed by atoms with Gasteiger partial charge < -0.3 is 10.4 Å². The number of aromatic nitrogens is 2. The molecule has 2 atom stereocenters. The third-order valence-corrected chi connectivity index (χ3v) is 7.09. The SMILES string of the molecule is N#CCC(=O)N[C@@H]1C(=O)N2C(C(=O)O)=C(Sc3ccnn3-c3ccccc3)CS[C@@H]12. The van der Waals surface area contributed by atoms with E-state index in [9.17, 15) is 19.5 Å². The highest BCUT2D eigenvalue weighted by Crippen LogP contribution is 2.45. The topological polar surface area (TPSA) is 128 Å². The second-order valence-corrected chi connectivity index (χ2v) is 8.61. The summed E-state index contributed by atoms with van der Waals surface area (Å²) in [7, 11) is 0. The molecule has 2 amide bonds. The number of nitrogens with zero attached hydrogens (tertiary/aromatic N) is 4. The molecule has 0 spiro atoms. The quantitative estimate of drug-likeness (QED) is 0.647. The molecule has 11 heteroatoms. The highest BCUT2D eigenvalue weighted by atomic mass is 32.2. The van der Waals surface area contributed by atoms with Crippen molar-refractivity contribution >= 4 is 41.3 Å².